The molecule has 88 valence electrons. The molecule has 1 aromatic heterocycles. The lowest BCUT2D eigenvalue weighted by Gasteiger charge is -1.99. The monoisotopic (exact) mass is 230 g/mol. The number of nitrogens with zero attached hydrogens (tertiary/aromatic N) is 5. The molecule has 0 amide bonds. The van der Waals surface area contributed by atoms with Crippen molar-refractivity contribution in [1.82, 2.24) is 9.97 Å². The molecule has 5 nitrogen and oxygen atoms in total. The number of aromatic nitrogens is 2. The van der Waals surface area contributed by atoms with E-state index in [0.717, 1.165) is 5.56 Å². The molecule has 1 atom stereocenters. The van der Waals surface area contributed by atoms with Gasteiger partial charge in [0.25, 0.3) is 0 Å². The van der Waals surface area contributed by atoms with Crippen LogP contribution in [0.1, 0.15) is 38.2 Å². The van der Waals surface area contributed by atoms with Crippen molar-refractivity contribution < 1.29 is 4.68 Å². The third-order valence-corrected chi connectivity index (χ3v) is 3.21. The predicted octanol–water partition coefficient (Wildman–Crippen LogP) is 2.47. The van der Waals surface area contributed by atoms with E-state index in [-0.39, 0.29) is 6.04 Å². The minimum Gasteiger partial charge on any atom is -0.111 e. The lowest BCUT2D eigenvalue weighted by molar-refractivity contribution is -0.452. The number of hydrogen-bond acceptors (Lipinski definition) is 4. The van der Waals surface area contributed by atoms with E-state index in [4.69, 9.17) is 0 Å². The second kappa shape index (κ2) is 3.98. The quantitative estimate of drug-likeness (QED) is 0.749. The van der Waals surface area contributed by atoms with Crippen molar-refractivity contribution in [1.29, 1.82) is 0 Å². The summed E-state index contributed by atoms with van der Waals surface area (Å²) in [7, 11) is 0. The molecule has 1 aromatic rings. The normalized spacial score (nSPS) is 23.2. The maximum Gasteiger partial charge on any atom is 0.407 e. The van der Waals surface area contributed by atoms with Crippen molar-refractivity contribution in [2.24, 2.45) is 16.3 Å². The van der Waals surface area contributed by atoms with E-state index < -0.39 is 0 Å². The molecule has 0 bridgehead atoms. The zero-order chi connectivity index (χ0) is 11.8. The van der Waals surface area contributed by atoms with Crippen LogP contribution in [0.3, 0.4) is 0 Å². The van der Waals surface area contributed by atoms with Gasteiger partial charge in [-0.25, -0.2) is 0 Å². The zero-order valence-electron chi connectivity index (χ0n) is 10.1. The molecule has 1 aliphatic carbocycles. The minimum absolute atomic E-state index is 0.239. The third kappa shape index (κ3) is 2.09. The third-order valence-electron chi connectivity index (χ3n) is 3.21. The maximum atomic E-state index is 4.33. The van der Waals surface area contributed by atoms with Crippen molar-refractivity contribution in [2.75, 3.05) is 0 Å². The van der Waals surface area contributed by atoms with Gasteiger partial charge in [-0.15, -0.1) is 14.7 Å². The Morgan fingerprint density at radius 1 is 1.24 bits per heavy atom. The van der Waals surface area contributed by atoms with E-state index in [1.807, 2.05) is 18.6 Å². The fourth-order valence-corrected chi connectivity index (χ4v) is 1.83. The fraction of sp³-hybridized carbons (Fsp3) is 0.583. The second-order valence-corrected chi connectivity index (χ2v) is 5.00. The minimum atomic E-state index is 0.239. The van der Waals surface area contributed by atoms with Crippen LogP contribution in [-0.4, -0.2) is 26.9 Å². The van der Waals surface area contributed by atoms with Crippen LogP contribution >= 0.6 is 0 Å². The molecule has 2 aliphatic rings. The van der Waals surface area contributed by atoms with E-state index in [2.05, 4.69) is 34.2 Å². The second-order valence-electron chi connectivity index (χ2n) is 5.00. The molecule has 1 unspecified atom stereocenters. The molecule has 1 aliphatic heterocycles. The van der Waals surface area contributed by atoms with Gasteiger partial charge in [0.1, 0.15) is 0 Å². The van der Waals surface area contributed by atoms with E-state index >= 15 is 0 Å². The summed E-state index contributed by atoms with van der Waals surface area (Å²) in [6.45, 7) is 4.26. The van der Waals surface area contributed by atoms with Crippen LogP contribution in [-0.2, 0) is 0 Å². The van der Waals surface area contributed by atoms with Crippen molar-refractivity contribution >= 4 is 12.2 Å². The molecule has 1 fully saturated rings. The highest BCUT2D eigenvalue weighted by atomic mass is 15.5. The lowest BCUT2D eigenvalue weighted by atomic mass is 10.1. The SMILES string of the molecule is CC(C)c1cnc([N+]2=CC(C3CC3)N=N2)nc1. The van der Waals surface area contributed by atoms with Crippen molar-refractivity contribution in [3.05, 3.63) is 18.0 Å². The highest BCUT2D eigenvalue weighted by molar-refractivity contribution is 5.62. The van der Waals surface area contributed by atoms with Crippen molar-refractivity contribution in [3.8, 4) is 0 Å². The average Bonchev–Trinajstić information content (AvgIpc) is 3.07. The Hall–Kier alpha value is -1.65. The van der Waals surface area contributed by atoms with Gasteiger partial charge in [-0.1, -0.05) is 19.0 Å². The molecule has 0 spiro atoms. The van der Waals surface area contributed by atoms with Gasteiger partial charge in [0.15, 0.2) is 6.04 Å². The number of rotatable bonds is 3. The van der Waals surface area contributed by atoms with E-state index in [1.54, 1.807) is 4.68 Å². The van der Waals surface area contributed by atoms with Crippen LogP contribution in [0.4, 0.5) is 5.95 Å². The van der Waals surface area contributed by atoms with Gasteiger partial charge < -0.3 is 0 Å². The Morgan fingerprint density at radius 3 is 2.53 bits per heavy atom. The van der Waals surface area contributed by atoms with Crippen LogP contribution in [0.2, 0.25) is 0 Å². The van der Waals surface area contributed by atoms with Gasteiger partial charge >= 0.3 is 5.95 Å². The molecule has 17 heavy (non-hydrogen) atoms. The molecular formula is C12H16N5+. The summed E-state index contributed by atoms with van der Waals surface area (Å²) < 4.78 is 1.69. The van der Waals surface area contributed by atoms with Crippen LogP contribution in [0.5, 0.6) is 0 Å². The summed E-state index contributed by atoms with van der Waals surface area (Å²) >= 11 is 0. The van der Waals surface area contributed by atoms with Crippen LogP contribution in [0.25, 0.3) is 0 Å². The maximum absolute atomic E-state index is 4.33. The van der Waals surface area contributed by atoms with Gasteiger partial charge in [0.05, 0.1) is 18.6 Å². The standard InChI is InChI=1S/C12H16N5/c1-8(2)10-5-13-12(14-6-10)17-7-11(15-16-17)9-3-4-9/h5-9,11H,3-4H2,1-2H3/q+1. The molecule has 0 aromatic carbocycles. The van der Waals surface area contributed by atoms with Crippen LogP contribution < -0.4 is 0 Å². The summed E-state index contributed by atoms with van der Waals surface area (Å²) in [6, 6.07) is 0.239. The predicted molar refractivity (Wildman–Crippen MR) is 63.5 cm³/mol. The summed E-state index contributed by atoms with van der Waals surface area (Å²) in [5, 5.41) is 8.33. The Morgan fingerprint density at radius 2 is 1.94 bits per heavy atom. The fourth-order valence-electron chi connectivity index (χ4n) is 1.83. The molecule has 0 saturated heterocycles. The van der Waals surface area contributed by atoms with Gasteiger partial charge in [-0.3, -0.25) is 0 Å². The van der Waals surface area contributed by atoms with Crippen LogP contribution in [0.15, 0.2) is 22.7 Å². The highest BCUT2D eigenvalue weighted by Gasteiger charge is 2.36. The Bertz CT molecular complexity index is 470. The molecule has 3 rings (SSSR count). The lowest BCUT2D eigenvalue weighted by Crippen LogP contribution is -2.09. The molecular weight excluding hydrogens is 214 g/mol. The highest BCUT2D eigenvalue weighted by Crippen LogP contribution is 2.35. The van der Waals surface area contributed by atoms with Crippen molar-refractivity contribution in [3.63, 3.8) is 0 Å². The summed E-state index contributed by atoms with van der Waals surface area (Å²) in [6.07, 6.45) is 8.27. The van der Waals surface area contributed by atoms with Crippen molar-refractivity contribution in [2.45, 2.75) is 38.6 Å². The smallest absolute Gasteiger partial charge is 0.111 e. The van der Waals surface area contributed by atoms with E-state index in [0.29, 0.717) is 17.8 Å². The summed E-state index contributed by atoms with van der Waals surface area (Å²) in [4.78, 5) is 8.65. The molecule has 2 heterocycles. The summed E-state index contributed by atoms with van der Waals surface area (Å²) in [5.41, 5.74) is 1.14. The first-order valence-corrected chi connectivity index (χ1v) is 6.11. The average molecular weight is 230 g/mol. The molecule has 5 heteroatoms. The Labute approximate surface area is 100 Å². The first kappa shape index (κ1) is 10.5. The van der Waals surface area contributed by atoms with Crippen LogP contribution in [0, 0.1) is 5.92 Å². The topological polar surface area (TPSA) is 53.5 Å². The van der Waals surface area contributed by atoms with E-state index in [1.165, 1.54) is 12.8 Å². The van der Waals surface area contributed by atoms with Gasteiger partial charge in [-0.05, 0) is 18.8 Å². The Kier molecular flexibility index (Phi) is 2.46. The molecule has 0 N–H and O–H groups in total. The first-order chi connectivity index (χ1) is 8.24. The van der Waals surface area contributed by atoms with Gasteiger partial charge in [0, 0.05) is 16.7 Å². The van der Waals surface area contributed by atoms with Gasteiger partial charge in [0.2, 0.25) is 0 Å². The Balaban J connectivity index is 1.80. The number of hydrogen-bond donors (Lipinski definition) is 0. The molecule has 1 saturated carbocycles. The van der Waals surface area contributed by atoms with Gasteiger partial charge in [-0.2, -0.15) is 0 Å². The van der Waals surface area contributed by atoms with E-state index in [9.17, 15) is 0 Å². The first-order valence-electron chi connectivity index (χ1n) is 6.11. The molecule has 0 radical (unpaired) electrons. The summed E-state index contributed by atoms with van der Waals surface area (Å²) in [5.74, 6) is 1.76. The zero-order valence-corrected chi connectivity index (χ0v) is 10.1. The largest absolute Gasteiger partial charge is 0.407 e.